The normalized spacial score (nSPS) is 15.6. The number of hydrogen-bond acceptors (Lipinski definition) is 4. The molecule has 1 N–H and O–H groups in total. The zero-order valence-electron chi connectivity index (χ0n) is 18.6. The van der Waals surface area contributed by atoms with Crippen molar-refractivity contribution in [2.75, 3.05) is 33.3 Å². The minimum absolute atomic E-state index is 0.118. The molecule has 0 spiro atoms. The first-order valence-electron chi connectivity index (χ1n) is 11.0. The highest BCUT2D eigenvalue weighted by Crippen LogP contribution is 2.39. The number of methoxy groups -OCH3 is 1. The molecule has 7 heteroatoms. The molecular weight excluding hydrogens is 428 g/mol. The fraction of sp³-hybridized carbons (Fsp3) is 0.360. The molecule has 2 aromatic carbocycles. The number of carbonyl (C=O) groups is 1. The fourth-order valence-electron chi connectivity index (χ4n) is 4.48. The van der Waals surface area contributed by atoms with Crippen molar-refractivity contribution in [2.24, 2.45) is 0 Å². The average Bonchev–Trinajstić information content (AvgIpc) is 3.09. The molecule has 0 bridgehead atoms. The van der Waals surface area contributed by atoms with Crippen LogP contribution in [-0.2, 0) is 0 Å². The van der Waals surface area contributed by atoms with Crippen molar-refractivity contribution in [1.82, 2.24) is 4.90 Å². The lowest BCUT2D eigenvalue weighted by atomic mass is 9.98. The third-order valence-corrected chi connectivity index (χ3v) is 6.50. The standard InChI is InChI=1S/C25H27ClN2O4/c1-4-27(5-2)12-7-13-28-22(16-8-6-9-18(14-16)31-3)21-23(29)19-15-17(26)10-11-20(19)32-24(21)25(28)30/h6,8-11,14-15,22H,4-5,7,12-13H2,1-3H3/p+1/t22-/m1/s1. The summed E-state index contributed by atoms with van der Waals surface area (Å²) in [5.74, 6) is 0.535. The Balaban J connectivity index is 1.82. The maximum atomic E-state index is 13.5. The van der Waals surface area contributed by atoms with Gasteiger partial charge in [0.25, 0.3) is 5.91 Å². The van der Waals surface area contributed by atoms with E-state index in [9.17, 15) is 9.59 Å². The van der Waals surface area contributed by atoms with Gasteiger partial charge in [0.1, 0.15) is 11.3 Å². The molecule has 1 aliphatic heterocycles. The van der Waals surface area contributed by atoms with Crippen molar-refractivity contribution in [2.45, 2.75) is 26.3 Å². The Kier molecular flexibility index (Phi) is 6.53. The molecule has 0 saturated carbocycles. The van der Waals surface area contributed by atoms with Gasteiger partial charge in [-0.05, 0) is 49.7 Å². The van der Waals surface area contributed by atoms with Crippen LogP contribution in [0, 0.1) is 0 Å². The predicted molar refractivity (Wildman–Crippen MR) is 125 cm³/mol. The number of fused-ring (bicyclic) bond motifs is 2. The minimum Gasteiger partial charge on any atom is -0.497 e. The highest BCUT2D eigenvalue weighted by molar-refractivity contribution is 6.31. The highest BCUT2D eigenvalue weighted by atomic mass is 35.5. The second kappa shape index (κ2) is 9.35. The van der Waals surface area contributed by atoms with Crippen molar-refractivity contribution < 1.29 is 18.8 Å². The molecule has 0 saturated heterocycles. The Morgan fingerprint density at radius 1 is 1.12 bits per heavy atom. The van der Waals surface area contributed by atoms with Crippen molar-refractivity contribution in [3.8, 4) is 5.75 Å². The van der Waals surface area contributed by atoms with Crippen molar-refractivity contribution >= 4 is 28.5 Å². The zero-order valence-corrected chi connectivity index (χ0v) is 19.4. The molecule has 1 aliphatic rings. The van der Waals surface area contributed by atoms with Crippen LogP contribution in [0.2, 0.25) is 5.02 Å². The van der Waals surface area contributed by atoms with E-state index in [2.05, 4.69) is 13.8 Å². The van der Waals surface area contributed by atoms with E-state index in [1.54, 1.807) is 30.2 Å². The summed E-state index contributed by atoms with van der Waals surface area (Å²) in [6.45, 7) is 7.89. The second-order valence-electron chi connectivity index (χ2n) is 8.05. The molecule has 0 aliphatic carbocycles. The zero-order chi connectivity index (χ0) is 22.8. The van der Waals surface area contributed by atoms with Crippen LogP contribution >= 0.6 is 11.6 Å². The topological polar surface area (TPSA) is 64.2 Å². The quantitative estimate of drug-likeness (QED) is 0.566. The lowest BCUT2D eigenvalue weighted by molar-refractivity contribution is -0.896. The fourth-order valence-corrected chi connectivity index (χ4v) is 4.66. The summed E-state index contributed by atoms with van der Waals surface area (Å²) in [4.78, 5) is 30.2. The van der Waals surface area contributed by atoms with Crippen LogP contribution in [0.1, 0.15) is 48.0 Å². The van der Waals surface area contributed by atoms with Crippen LogP contribution in [-0.4, -0.2) is 44.1 Å². The molecule has 1 atom stereocenters. The molecule has 32 heavy (non-hydrogen) atoms. The van der Waals surface area contributed by atoms with E-state index < -0.39 is 6.04 Å². The number of carbonyl (C=O) groups excluding carboxylic acids is 1. The molecule has 1 aromatic heterocycles. The van der Waals surface area contributed by atoms with E-state index in [0.29, 0.717) is 33.8 Å². The number of ether oxygens (including phenoxy) is 1. The van der Waals surface area contributed by atoms with E-state index in [1.165, 1.54) is 4.90 Å². The third kappa shape index (κ3) is 4.00. The number of amides is 1. The number of quaternary nitrogens is 1. The first kappa shape index (κ1) is 22.4. The molecule has 3 aromatic rings. The van der Waals surface area contributed by atoms with Gasteiger partial charge in [-0.2, -0.15) is 0 Å². The van der Waals surface area contributed by atoms with Crippen molar-refractivity contribution in [3.05, 3.63) is 74.6 Å². The molecule has 1 amide bonds. The van der Waals surface area contributed by atoms with Crippen LogP contribution in [0.3, 0.4) is 0 Å². The van der Waals surface area contributed by atoms with E-state index in [4.69, 9.17) is 20.8 Å². The largest absolute Gasteiger partial charge is 0.497 e. The van der Waals surface area contributed by atoms with Gasteiger partial charge in [-0.1, -0.05) is 23.7 Å². The van der Waals surface area contributed by atoms with Crippen LogP contribution in [0.15, 0.2) is 51.7 Å². The molecular formula is C25H28ClN2O4+. The summed E-state index contributed by atoms with van der Waals surface area (Å²) in [5.41, 5.74) is 1.33. The third-order valence-electron chi connectivity index (χ3n) is 6.27. The van der Waals surface area contributed by atoms with Crippen LogP contribution in [0.25, 0.3) is 11.0 Å². The molecule has 168 valence electrons. The van der Waals surface area contributed by atoms with Crippen molar-refractivity contribution in [3.63, 3.8) is 0 Å². The maximum Gasteiger partial charge on any atom is 0.290 e. The Hall–Kier alpha value is -2.83. The summed E-state index contributed by atoms with van der Waals surface area (Å²) in [7, 11) is 1.60. The van der Waals surface area contributed by atoms with E-state index in [0.717, 1.165) is 31.6 Å². The monoisotopic (exact) mass is 455 g/mol. The van der Waals surface area contributed by atoms with Crippen LogP contribution in [0.5, 0.6) is 5.75 Å². The highest BCUT2D eigenvalue weighted by Gasteiger charge is 2.42. The number of hydrogen-bond donors (Lipinski definition) is 1. The molecule has 0 fully saturated rings. The minimum atomic E-state index is -0.529. The summed E-state index contributed by atoms with van der Waals surface area (Å²) < 4.78 is 11.4. The van der Waals surface area contributed by atoms with Gasteiger partial charge in [0, 0.05) is 18.0 Å². The Bertz CT molecular complexity index is 1200. The van der Waals surface area contributed by atoms with Gasteiger partial charge in [-0.15, -0.1) is 0 Å². The van der Waals surface area contributed by atoms with E-state index in [1.807, 2.05) is 24.3 Å². The molecule has 2 heterocycles. The SMILES string of the molecule is CC[NH+](CC)CCCN1C(=O)c2oc3ccc(Cl)cc3c(=O)c2[C@H]1c1cccc(OC)c1. The maximum absolute atomic E-state index is 13.5. The number of rotatable bonds is 8. The average molecular weight is 456 g/mol. The summed E-state index contributed by atoms with van der Waals surface area (Å²) in [6.07, 6.45) is 0.830. The molecule has 4 rings (SSSR count). The van der Waals surface area contributed by atoms with Crippen molar-refractivity contribution in [1.29, 1.82) is 0 Å². The van der Waals surface area contributed by atoms with Crippen LogP contribution in [0.4, 0.5) is 0 Å². The van der Waals surface area contributed by atoms with Gasteiger partial charge >= 0.3 is 0 Å². The van der Waals surface area contributed by atoms with Gasteiger partial charge in [0.15, 0.2) is 5.43 Å². The number of nitrogens with zero attached hydrogens (tertiary/aromatic N) is 1. The van der Waals surface area contributed by atoms with E-state index in [-0.39, 0.29) is 17.1 Å². The Morgan fingerprint density at radius 2 is 1.91 bits per heavy atom. The van der Waals surface area contributed by atoms with Crippen LogP contribution < -0.4 is 15.1 Å². The lowest BCUT2D eigenvalue weighted by Crippen LogP contribution is -3.11. The first-order valence-corrected chi connectivity index (χ1v) is 11.4. The predicted octanol–water partition coefficient (Wildman–Crippen LogP) is 3.32. The first-order chi connectivity index (χ1) is 15.5. The van der Waals surface area contributed by atoms with Gasteiger partial charge in [-0.3, -0.25) is 9.59 Å². The Morgan fingerprint density at radius 3 is 2.62 bits per heavy atom. The second-order valence-corrected chi connectivity index (χ2v) is 8.49. The number of halogens is 1. The lowest BCUT2D eigenvalue weighted by Gasteiger charge is -2.26. The Labute approximate surface area is 192 Å². The summed E-state index contributed by atoms with van der Waals surface area (Å²) in [5, 5.41) is 0.831. The molecule has 0 unspecified atom stereocenters. The van der Waals surface area contributed by atoms with Gasteiger partial charge in [0.05, 0.1) is 43.7 Å². The van der Waals surface area contributed by atoms with Gasteiger partial charge in [-0.25, -0.2) is 0 Å². The molecule has 6 nitrogen and oxygen atoms in total. The smallest absolute Gasteiger partial charge is 0.290 e. The van der Waals surface area contributed by atoms with E-state index >= 15 is 0 Å². The number of benzene rings is 2. The van der Waals surface area contributed by atoms with Gasteiger partial charge < -0.3 is 19.0 Å². The number of nitrogens with one attached hydrogen (secondary N) is 1. The van der Waals surface area contributed by atoms with Gasteiger partial charge in [0.2, 0.25) is 5.76 Å². The summed E-state index contributed by atoms with van der Waals surface area (Å²) in [6, 6.07) is 11.9. The molecule has 0 radical (unpaired) electrons. The summed E-state index contributed by atoms with van der Waals surface area (Å²) >= 11 is 6.14.